The van der Waals surface area contributed by atoms with Gasteiger partial charge in [0, 0.05) is 36.7 Å². The molecule has 18 heavy (non-hydrogen) atoms. The molecule has 0 aliphatic heterocycles. The first-order valence-corrected chi connectivity index (χ1v) is 6.75. The Bertz CT molecular complexity index is 504. The summed E-state index contributed by atoms with van der Waals surface area (Å²) in [5, 5.41) is 0.916. The zero-order valence-electron chi connectivity index (χ0n) is 10.9. The molecule has 0 saturated carbocycles. The van der Waals surface area contributed by atoms with Crippen LogP contribution in [-0.2, 0) is 6.54 Å². The molecule has 0 aliphatic rings. The van der Waals surface area contributed by atoms with Crippen LogP contribution in [0.2, 0.25) is 0 Å². The Morgan fingerprint density at radius 2 is 1.94 bits per heavy atom. The van der Waals surface area contributed by atoms with E-state index in [1.165, 1.54) is 11.5 Å². The Kier molecular flexibility index (Phi) is 3.93. The van der Waals surface area contributed by atoms with Gasteiger partial charge in [-0.1, -0.05) is 26.0 Å². The third-order valence-electron chi connectivity index (χ3n) is 2.79. The van der Waals surface area contributed by atoms with Crippen molar-refractivity contribution >= 4 is 22.4 Å². The molecule has 1 heterocycles. The summed E-state index contributed by atoms with van der Waals surface area (Å²) in [7, 11) is 2.00. The van der Waals surface area contributed by atoms with Gasteiger partial charge in [0.05, 0.1) is 0 Å². The molecule has 2 N–H and O–H groups in total. The van der Waals surface area contributed by atoms with Gasteiger partial charge in [-0.05, 0) is 17.7 Å². The average molecular weight is 262 g/mol. The SMILES string of the molecule is CC(C)c1nsc(N(C)c2ccc(CN)cc2)n1. The van der Waals surface area contributed by atoms with E-state index in [2.05, 4.69) is 35.3 Å². The number of anilines is 2. The fraction of sp³-hybridized carbons (Fsp3) is 0.385. The number of hydrogen-bond donors (Lipinski definition) is 1. The van der Waals surface area contributed by atoms with Crippen LogP contribution < -0.4 is 10.6 Å². The van der Waals surface area contributed by atoms with Crippen LogP contribution in [-0.4, -0.2) is 16.4 Å². The van der Waals surface area contributed by atoms with E-state index in [-0.39, 0.29) is 0 Å². The standard InChI is InChI=1S/C13H18N4S/c1-9(2)12-15-13(18-16-12)17(3)11-6-4-10(8-14)5-7-11/h4-7,9H,8,14H2,1-3H3. The predicted octanol–water partition coefficient (Wildman–Crippen LogP) is 2.89. The maximum atomic E-state index is 5.59. The largest absolute Gasteiger partial charge is 0.326 e. The van der Waals surface area contributed by atoms with Crippen LogP contribution in [0.3, 0.4) is 0 Å². The Morgan fingerprint density at radius 1 is 1.28 bits per heavy atom. The summed E-state index contributed by atoms with van der Waals surface area (Å²) in [6.45, 7) is 4.77. The molecular weight excluding hydrogens is 244 g/mol. The topological polar surface area (TPSA) is 55.0 Å². The molecule has 96 valence electrons. The van der Waals surface area contributed by atoms with E-state index in [1.54, 1.807) is 0 Å². The van der Waals surface area contributed by atoms with E-state index in [9.17, 15) is 0 Å². The van der Waals surface area contributed by atoms with Gasteiger partial charge in [0.1, 0.15) is 5.82 Å². The fourth-order valence-electron chi connectivity index (χ4n) is 1.56. The van der Waals surface area contributed by atoms with Crippen molar-refractivity contribution in [1.82, 2.24) is 9.36 Å². The van der Waals surface area contributed by atoms with Gasteiger partial charge < -0.3 is 10.6 Å². The fourth-order valence-corrected chi connectivity index (χ4v) is 2.35. The van der Waals surface area contributed by atoms with Crippen LogP contribution in [0, 0.1) is 0 Å². The Balaban J connectivity index is 2.20. The van der Waals surface area contributed by atoms with E-state index in [4.69, 9.17) is 5.73 Å². The smallest absolute Gasteiger partial charge is 0.209 e. The highest BCUT2D eigenvalue weighted by molar-refractivity contribution is 7.09. The second-order valence-electron chi connectivity index (χ2n) is 4.52. The van der Waals surface area contributed by atoms with Crippen LogP contribution >= 0.6 is 11.5 Å². The molecule has 0 fully saturated rings. The zero-order valence-corrected chi connectivity index (χ0v) is 11.7. The molecule has 0 atom stereocenters. The van der Waals surface area contributed by atoms with E-state index in [0.717, 1.165) is 22.2 Å². The van der Waals surface area contributed by atoms with Crippen molar-refractivity contribution in [2.45, 2.75) is 26.3 Å². The molecular formula is C13H18N4S. The summed E-state index contributed by atoms with van der Waals surface area (Å²) in [5.41, 5.74) is 7.82. The van der Waals surface area contributed by atoms with Crippen LogP contribution in [0.15, 0.2) is 24.3 Å². The van der Waals surface area contributed by atoms with Crippen molar-refractivity contribution in [2.24, 2.45) is 5.73 Å². The average Bonchev–Trinajstić information content (AvgIpc) is 2.88. The molecule has 0 amide bonds. The minimum absolute atomic E-state index is 0.364. The molecule has 0 saturated heterocycles. The van der Waals surface area contributed by atoms with Gasteiger partial charge in [-0.15, -0.1) is 0 Å². The van der Waals surface area contributed by atoms with E-state index in [1.807, 2.05) is 24.1 Å². The molecule has 0 spiro atoms. The van der Waals surface area contributed by atoms with Crippen LogP contribution in [0.1, 0.15) is 31.2 Å². The Hall–Kier alpha value is -1.46. The minimum Gasteiger partial charge on any atom is -0.326 e. The number of hydrogen-bond acceptors (Lipinski definition) is 5. The van der Waals surface area contributed by atoms with Gasteiger partial charge in [-0.3, -0.25) is 0 Å². The van der Waals surface area contributed by atoms with Gasteiger partial charge in [0.15, 0.2) is 0 Å². The quantitative estimate of drug-likeness (QED) is 0.920. The van der Waals surface area contributed by atoms with E-state index < -0.39 is 0 Å². The summed E-state index contributed by atoms with van der Waals surface area (Å²) in [6, 6.07) is 8.18. The van der Waals surface area contributed by atoms with Crippen molar-refractivity contribution in [1.29, 1.82) is 0 Å². The number of nitrogens with two attached hydrogens (primary N) is 1. The maximum Gasteiger partial charge on any atom is 0.209 e. The van der Waals surface area contributed by atoms with Gasteiger partial charge >= 0.3 is 0 Å². The Labute approximate surface area is 112 Å². The third-order valence-corrected chi connectivity index (χ3v) is 3.60. The summed E-state index contributed by atoms with van der Waals surface area (Å²) < 4.78 is 4.36. The second-order valence-corrected chi connectivity index (χ2v) is 5.25. The lowest BCUT2D eigenvalue weighted by atomic mass is 10.2. The minimum atomic E-state index is 0.364. The maximum absolute atomic E-state index is 5.59. The van der Waals surface area contributed by atoms with Gasteiger partial charge in [0.25, 0.3) is 0 Å². The van der Waals surface area contributed by atoms with Crippen molar-refractivity contribution < 1.29 is 0 Å². The molecule has 2 aromatic rings. The van der Waals surface area contributed by atoms with Crippen molar-refractivity contribution in [3.63, 3.8) is 0 Å². The molecule has 0 aliphatic carbocycles. The summed E-state index contributed by atoms with van der Waals surface area (Å²) in [4.78, 5) is 6.58. The molecule has 5 heteroatoms. The molecule has 0 unspecified atom stereocenters. The van der Waals surface area contributed by atoms with Gasteiger partial charge in [-0.25, -0.2) is 4.98 Å². The van der Waals surface area contributed by atoms with Gasteiger partial charge in [-0.2, -0.15) is 4.37 Å². The molecule has 1 aromatic carbocycles. The van der Waals surface area contributed by atoms with Gasteiger partial charge in [0.2, 0.25) is 5.13 Å². The summed E-state index contributed by atoms with van der Waals surface area (Å²) >= 11 is 1.43. The summed E-state index contributed by atoms with van der Waals surface area (Å²) in [5.74, 6) is 1.27. The molecule has 0 bridgehead atoms. The number of rotatable bonds is 4. The first-order chi connectivity index (χ1) is 8.61. The first-order valence-electron chi connectivity index (χ1n) is 5.98. The second kappa shape index (κ2) is 5.46. The molecule has 0 radical (unpaired) electrons. The highest BCUT2D eigenvalue weighted by Crippen LogP contribution is 2.27. The molecule has 4 nitrogen and oxygen atoms in total. The van der Waals surface area contributed by atoms with Crippen LogP contribution in [0.5, 0.6) is 0 Å². The lowest BCUT2D eigenvalue weighted by Crippen LogP contribution is -2.09. The normalized spacial score (nSPS) is 10.9. The number of nitrogens with zero attached hydrogens (tertiary/aromatic N) is 3. The third kappa shape index (κ3) is 2.68. The lowest BCUT2D eigenvalue weighted by molar-refractivity contribution is 0.798. The lowest BCUT2D eigenvalue weighted by Gasteiger charge is -2.15. The van der Waals surface area contributed by atoms with Crippen LogP contribution in [0.25, 0.3) is 0 Å². The van der Waals surface area contributed by atoms with Crippen LogP contribution in [0.4, 0.5) is 10.8 Å². The Morgan fingerprint density at radius 3 is 2.44 bits per heavy atom. The molecule has 1 aromatic heterocycles. The van der Waals surface area contributed by atoms with E-state index in [0.29, 0.717) is 12.5 Å². The number of aromatic nitrogens is 2. The van der Waals surface area contributed by atoms with Crippen molar-refractivity contribution in [3.8, 4) is 0 Å². The zero-order chi connectivity index (χ0) is 13.1. The predicted molar refractivity (Wildman–Crippen MR) is 76.4 cm³/mol. The molecule has 2 rings (SSSR count). The monoisotopic (exact) mass is 262 g/mol. The van der Waals surface area contributed by atoms with Crippen molar-refractivity contribution in [2.75, 3.05) is 11.9 Å². The highest BCUT2D eigenvalue weighted by atomic mass is 32.1. The highest BCUT2D eigenvalue weighted by Gasteiger charge is 2.12. The first kappa shape index (κ1) is 13.0. The number of benzene rings is 1. The van der Waals surface area contributed by atoms with Crippen molar-refractivity contribution in [3.05, 3.63) is 35.7 Å². The summed E-state index contributed by atoms with van der Waals surface area (Å²) in [6.07, 6.45) is 0. The van der Waals surface area contributed by atoms with E-state index >= 15 is 0 Å².